The van der Waals surface area contributed by atoms with E-state index in [0.29, 0.717) is 0 Å². The number of hydrogen-bond acceptors (Lipinski definition) is 4. The summed E-state index contributed by atoms with van der Waals surface area (Å²) in [5.74, 6) is 0. The summed E-state index contributed by atoms with van der Waals surface area (Å²) in [5, 5.41) is 2.85. The standard InChI is InChI=1S/C11H23N3O2/c1-11(2,3)16-10(15)13-9-7-14(8-9)6-4-5-12/h9H,4-8,12H2,1-3H3,(H,13,15). The van der Waals surface area contributed by atoms with Crippen LogP contribution >= 0.6 is 0 Å². The predicted molar refractivity (Wildman–Crippen MR) is 63.3 cm³/mol. The molecule has 0 spiro atoms. The maximum Gasteiger partial charge on any atom is 0.407 e. The van der Waals surface area contributed by atoms with Gasteiger partial charge >= 0.3 is 6.09 Å². The van der Waals surface area contributed by atoms with Crippen molar-refractivity contribution in [1.82, 2.24) is 10.2 Å². The van der Waals surface area contributed by atoms with Crippen LogP contribution in [0.5, 0.6) is 0 Å². The zero-order chi connectivity index (χ0) is 12.2. The molecule has 0 aromatic rings. The smallest absolute Gasteiger partial charge is 0.407 e. The molecule has 1 fully saturated rings. The van der Waals surface area contributed by atoms with Crippen molar-refractivity contribution < 1.29 is 9.53 Å². The topological polar surface area (TPSA) is 67.6 Å². The second kappa shape index (κ2) is 5.50. The van der Waals surface area contributed by atoms with Gasteiger partial charge in [0.05, 0.1) is 6.04 Å². The van der Waals surface area contributed by atoms with E-state index in [-0.39, 0.29) is 12.1 Å². The van der Waals surface area contributed by atoms with Crippen LogP contribution in [-0.2, 0) is 4.74 Å². The molecule has 0 aromatic heterocycles. The minimum absolute atomic E-state index is 0.229. The predicted octanol–water partition coefficient (Wildman–Crippen LogP) is 0.544. The number of rotatable bonds is 4. The Bertz CT molecular complexity index is 232. The molecular formula is C11H23N3O2. The number of carbonyl (C=O) groups is 1. The fourth-order valence-electron chi connectivity index (χ4n) is 1.63. The van der Waals surface area contributed by atoms with Gasteiger partial charge < -0.3 is 15.8 Å². The van der Waals surface area contributed by atoms with E-state index in [0.717, 1.165) is 32.6 Å². The van der Waals surface area contributed by atoms with E-state index in [1.54, 1.807) is 0 Å². The van der Waals surface area contributed by atoms with Crippen molar-refractivity contribution in [2.75, 3.05) is 26.2 Å². The highest BCUT2D eigenvalue weighted by molar-refractivity contribution is 5.68. The van der Waals surface area contributed by atoms with Gasteiger partial charge in [-0.15, -0.1) is 0 Å². The first-order valence-electron chi connectivity index (χ1n) is 5.82. The maximum absolute atomic E-state index is 11.4. The summed E-state index contributed by atoms with van der Waals surface area (Å²) >= 11 is 0. The van der Waals surface area contributed by atoms with Crippen LogP contribution in [0, 0.1) is 0 Å². The van der Waals surface area contributed by atoms with Crippen LogP contribution in [0.15, 0.2) is 0 Å². The third kappa shape index (κ3) is 4.81. The van der Waals surface area contributed by atoms with E-state index in [1.807, 2.05) is 20.8 Å². The highest BCUT2D eigenvalue weighted by Gasteiger charge is 2.28. The van der Waals surface area contributed by atoms with E-state index < -0.39 is 5.60 Å². The van der Waals surface area contributed by atoms with Crippen molar-refractivity contribution in [2.24, 2.45) is 5.73 Å². The van der Waals surface area contributed by atoms with Crippen LogP contribution in [0.3, 0.4) is 0 Å². The third-order valence-electron chi connectivity index (χ3n) is 2.36. The molecule has 1 rings (SSSR count). The summed E-state index contributed by atoms with van der Waals surface area (Å²) in [6.45, 7) is 9.13. The molecule has 16 heavy (non-hydrogen) atoms. The Morgan fingerprint density at radius 3 is 2.62 bits per heavy atom. The SMILES string of the molecule is CC(C)(C)OC(=O)NC1CN(CCCN)C1. The van der Waals surface area contributed by atoms with Gasteiger partial charge in [0.1, 0.15) is 5.60 Å². The van der Waals surface area contributed by atoms with Crippen molar-refractivity contribution >= 4 is 6.09 Å². The van der Waals surface area contributed by atoms with Gasteiger partial charge in [-0.1, -0.05) is 0 Å². The number of likely N-dealkylation sites (tertiary alicyclic amines) is 1. The lowest BCUT2D eigenvalue weighted by Crippen LogP contribution is -2.59. The zero-order valence-corrected chi connectivity index (χ0v) is 10.5. The number of amides is 1. The summed E-state index contributed by atoms with van der Waals surface area (Å²) in [5.41, 5.74) is 5.00. The lowest BCUT2D eigenvalue weighted by Gasteiger charge is -2.39. The molecule has 0 aliphatic carbocycles. The highest BCUT2D eigenvalue weighted by Crippen LogP contribution is 2.10. The first-order valence-corrected chi connectivity index (χ1v) is 5.82. The number of nitrogens with two attached hydrogens (primary N) is 1. The molecule has 3 N–H and O–H groups in total. The van der Waals surface area contributed by atoms with Gasteiger partial charge in [0.25, 0.3) is 0 Å². The molecule has 94 valence electrons. The van der Waals surface area contributed by atoms with E-state index in [9.17, 15) is 4.79 Å². The molecule has 1 heterocycles. The molecule has 1 aliphatic rings. The third-order valence-corrected chi connectivity index (χ3v) is 2.36. The average Bonchev–Trinajstić information content (AvgIpc) is 2.05. The van der Waals surface area contributed by atoms with Gasteiger partial charge in [0, 0.05) is 13.1 Å². The fourth-order valence-corrected chi connectivity index (χ4v) is 1.63. The van der Waals surface area contributed by atoms with Gasteiger partial charge in [0.15, 0.2) is 0 Å². The second-order valence-electron chi connectivity index (χ2n) is 5.24. The number of ether oxygens (including phenoxy) is 1. The van der Waals surface area contributed by atoms with Crippen molar-refractivity contribution in [3.8, 4) is 0 Å². The summed E-state index contributed by atoms with van der Waals surface area (Å²) < 4.78 is 5.17. The second-order valence-corrected chi connectivity index (χ2v) is 5.24. The van der Waals surface area contributed by atoms with Gasteiger partial charge in [-0.3, -0.25) is 4.90 Å². The van der Waals surface area contributed by atoms with Gasteiger partial charge in [-0.25, -0.2) is 4.79 Å². The number of alkyl carbamates (subject to hydrolysis) is 1. The first kappa shape index (κ1) is 13.3. The average molecular weight is 229 g/mol. The normalized spacial score (nSPS) is 18.0. The number of nitrogens with zero attached hydrogens (tertiary/aromatic N) is 1. The molecule has 1 aliphatic heterocycles. The molecule has 0 unspecified atom stereocenters. The number of nitrogens with one attached hydrogen (secondary N) is 1. The Kier molecular flexibility index (Phi) is 4.56. The van der Waals surface area contributed by atoms with E-state index >= 15 is 0 Å². The molecule has 0 bridgehead atoms. The molecule has 0 atom stereocenters. The number of hydrogen-bond donors (Lipinski definition) is 2. The highest BCUT2D eigenvalue weighted by atomic mass is 16.6. The molecule has 1 amide bonds. The molecule has 5 nitrogen and oxygen atoms in total. The summed E-state index contributed by atoms with van der Waals surface area (Å²) in [6, 6.07) is 0.229. The largest absolute Gasteiger partial charge is 0.444 e. The Morgan fingerprint density at radius 1 is 1.50 bits per heavy atom. The van der Waals surface area contributed by atoms with Gasteiger partial charge in [-0.05, 0) is 40.3 Å². The lowest BCUT2D eigenvalue weighted by molar-refractivity contribution is 0.0402. The summed E-state index contributed by atoms with van der Waals surface area (Å²) in [6.07, 6.45) is 0.690. The zero-order valence-electron chi connectivity index (χ0n) is 10.5. The molecular weight excluding hydrogens is 206 g/mol. The van der Waals surface area contributed by atoms with Crippen molar-refractivity contribution in [2.45, 2.75) is 38.8 Å². The molecule has 0 saturated carbocycles. The molecule has 5 heteroatoms. The minimum Gasteiger partial charge on any atom is -0.444 e. The van der Waals surface area contributed by atoms with Crippen molar-refractivity contribution in [1.29, 1.82) is 0 Å². The Morgan fingerprint density at radius 2 is 2.12 bits per heavy atom. The Labute approximate surface area is 97.3 Å². The quantitative estimate of drug-likeness (QED) is 0.738. The summed E-state index contributed by atoms with van der Waals surface area (Å²) in [4.78, 5) is 13.7. The maximum atomic E-state index is 11.4. The van der Waals surface area contributed by atoms with E-state index in [2.05, 4.69) is 10.2 Å². The number of carbonyl (C=O) groups excluding carboxylic acids is 1. The van der Waals surface area contributed by atoms with Crippen LogP contribution in [0.25, 0.3) is 0 Å². The van der Waals surface area contributed by atoms with Crippen LogP contribution in [0.1, 0.15) is 27.2 Å². The van der Waals surface area contributed by atoms with E-state index in [1.165, 1.54) is 0 Å². The Hall–Kier alpha value is -0.810. The molecule has 0 radical (unpaired) electrons. The van der Waals surface area contributed by atoms with Crippen molar-refractivity contribution in [3.05, 3.63) is 0 Å². The van der Waals surface area contributed by atoms with Crippen LogP contribution in [-0.4, -0.2) is 48.8 Å². The van der Waals surface area contributed by atoms with Gasteiger partial charge in [-0.2, -0.15) is 0 Å². The summed E-state index contributed by atoms with van der Waals surface area (Å²) in [7, 11) is 0. The van der Waals surface area contributed by atoms with Crippen LogP contribution in [0.4, 0.5) is 4.79 Å². The Balaban J connectivity index is 2.10. The molecule has 1 saturated heterocycles. The molecule has 0 aromatic carbocycles. The first-order chi connectivity index (χ1) is 7.40. The minimum atomic E-state index is -0.424. The van der Waals surface area contributed by atoms with E-state index in [4.69, 9.17) is 10.5 Å². The van der Waals surface area contributed by atoms with Crippen LogP contribution in [0.2, 0.25) is 0 Å². The van der Waals surface area contributed by atoms with Gasteiger partial charge in [0.2, 0.25) is 0 Å². The lowest BCUT2D eigenvalue weighted by atomic mass is 10.1. The fraction of sp³-hybridized carbons (Fsp3) is 0.909. The van der Waals surface area contributed by atoms with Crippen LogP contribution < -0.4 is 11.1 Å². The van der Waals surface area contributed by atoms with Crippen molar-refractivity contribution in [3.63, 3.8) is 0 Å². The monoisotopic (exact) mass is 229 g/mol.